The van der Waals surface area contributed by atoms with Crippen LogP contribution in [0.25, 0.3) is 0 Å². The molecule has 1 aromatic heterocycles. The third-order valence-electron chi connectivity index (χ3n) is 3.27. The van der Waals surface area contributed by atoms with Crippen LogP contribution < -0.4 is 5.32 Å². The fourth-order valence-electron chi connectivity index (χ4n) is 2.41. The van der Waals surface area contributed by atoms with Gasteiger partial charge in [0.25, 0.3) is 0 Å². The van der Waals surface area contributed by atoms with Crippen LogP contribution in [0.15, 0.2) is 0 Å². The number of hydrogen-bond acceptors (Lipinski definition) is 2. The second kappa shape index (κ2) is 5.00. The van der Waals surface area contributed by atoms with Gasteiger partial charge in [-0.05, 0) is 19.3 Å². The highest BCUT2D eigenvalue weighted by Gasteiger charge is 2.18. The van der Waals surface area contributed by atoms with Crippen LogP contribution in [0.1, 0.15) is 50.8 Å². The first kappa shape index (κ1) is 11.6. The third kappa shape index (κ3) is 2.29. The summed E-state index contributed by atoms with van der Waals surface area (Å²) in [6.07, 6.45) is 4.90. The van der Waals surface area contributed by atoms with Crippen molar-refractivity contribution >= 4 is 0 Å². The molecule has 0 amide bonds. The summed E-state index contributed by atoms with van der Waals surface area (Å²) in [6, 6.07) is 0.533. The van der Waals surface area contributed by atoms with Gasteiger partial charge in [-0.3, -0.25) is 0 Å². The lowest BCUT2D eigenvalue weighted by Gasteiger charge is -2.17. The molecule has 0 unspecified atom stereocenters. The largest absolute Gasteiger partial charge is 0.332 e. The number of aryl methyl sites for hydroxylation is 1. The van der Waals surface area contributed by atoms with Crippen LogP contribution in [-0.2, 0) is 25.9 Å². The summed E-state index contributed by atoms with van der Waals surface area (Å²) < 4.78 is 2.45. The standard InChI is InChI=1S/C13H23N3/c1-4-13-15-11(9-14-10(2)3)12-7-5-6-8-16(12)13/h10,14H,4-9H2,1-3H3. The van der Waals surface area contributed by atoms with E-state index in [0.717, 1.165) is 13.0 Å². The van der Waals surface area contributed by atoms with E-state index < -0.39 is 0 Å². The van der Waals surface area contributed by atoms with Crippen LogP contribution in [0.2, 0.25) is 0 Å². The summed E-state index contributed by atoms with van der Waals surface area (Å²) in [5, 5.41) is 3.47. The number of nitrogens with one attached hydrogen (secondary N) is 1. The van der Waals surface area contributed by atoms with Gasteiger partial charge < -0.3 is 9.88 Å². The van der Waals surface area contributed by atoms with Crippen LogP contribution in [0.3, 0.4) is 0 Å². The van der Waals surface area contributed by atoms with Crippen LogP contribution >= 0.6 is 0 Å². The molecule has 3 heteroatoms. The first-order valence-electron chi connectivity index (χ1n) is 6.53. The minimum atomic E-state index is 0.533. The molecule has 2 heterocycles. The van der Waals surface area contributed by atoms with E-state index in [1.165, 1.54) is 43.0 Å². The molecular formula is C13H23N3. The molecule has 0 saturated heterocycles. The van der Waals surface area contributed by atoms with Crippen molar-refractivity contribution in [2.45, 2.75) is 65.6 Å². The lowest BCUT2D eigenvalue weighted by Crippen LogP contribution is -2.23. The zero-order valence-corrected chi connectivity index (χ0v) is 10.7. The molecule has 1 N–H and O–H groups in total. The van der Waals surface area contributed by atoms with Gasteiger partial charge in [0, 0.05) is 31.2 Å². The molecular weight excluding hydrogens is 198 g/mol. The number of rotatable bonds is 4. The summed E-state index contributed by atoms with van der Waals surface area (Å²) in [5.74, 6) is 1.27. The Morgan fingerprint density at radius 2 is 2.19 bits per heavy atom. The van der Waals surface area contributed by atoms with E-state index in [9.17, 15) is 0 Å². The third-order valence-corrected chi connectivity index (χ3v) is 3.27. The maximum absolute atomic E-state index is 4.78. The maximum Gasteiger partial charge on any atom is 0.108 e. The van der Waals surface area contributed by atoms with Gasteiger partial charge in [0.05, 0.1) is 5.69 Å². The summed E-state index contributed by atoms with van der Waals surface area (Å²) in [4.78, 5) is 4.78. The first-order chi connectivity index (χ1) is 7.72. The predicted octanol–water partition coefficient (Wildman–Crippen LogP) is 2.28. The maximum atomic E-state index is 4.78. The molecule has 1 aliphatic heterocycles. The van der Waals surface area contributed by atoms with Crippen molar-refractivity contribution < 1.29 is 0 Å². The van der Waals surface area contributed by atoms with Crippen LogP contribution in [0, 0.1) is 0 Å². The fourth-order valence-corrected chi connectivity index (χ4v) is 2.41. The van der Waals surface area contributed by atoms with Gasteiger partial charge in [0.2, 0.25) is 0 Å². The molecule has 16 heavy (non-hydrogen) atoms. The topological polar surface area (TPSA) is 29.9 Å². The second-order valence-electron chi connectivity index (χ2n) is 4.92. The molecule has 0 radical (unpaired) electrons. The van der Waals surface area contributed by atoms with E-state index in [-0.39, 0.29) is 0 Å². The van der Waals surface area contributed by atoms with Crippen molar-refractivity contribution in [1.82, 2.24) is 14.9 Å². The van der Waals surface area contributed by atoms with E-state index in [1.54, 1.807) is 0 Å². The number of fused-ring (bicyclic) bond motifs is 1. The predicted molar refractivity (Wildman–Crippen MR) is 66.5 cm³/mol. The molecule has 0 saturated carbocycles. The molecule has 0 aromatic carbocycles. The van der Waals surface area contributed by atoms with Crippen LogP contribution in [-0.4, -0.2) is 15.6 Å². The highest BCUT2D eigenvalue weighted by Crippen LogP contribution is 2.21. The molecule has 0 atom stereocenters. The highest BCUT2D eigenvalue weighted by molar-refractivity contribution is 5.19. The average Bonchev–Trinajstić information content (AvgIpc) is 2.65. The Morgan fingerprint density at radius 1 is 1.38 bits per heavy atom. The molecule has 1 aliphatic rings. The van der Waals surface area contributed by atoms with Gasteiger partial charge in [0.15, 0.2) is 0 Å². The van der Waals surface area contributed by atoms with Gasteiger partial charge in [-0.15, -0.1) is 0 Å². The van der Waals surface area contributed by atoms with Gasteiger partial charge in [-0.2, -0.15) is 0 Å². The molecule has 0 aliphatic carbocycles. The number of aromatic nitrogens is 2. The van der Waals surface area contributed by atoms with Gasteiger partial charge >= 0.3 is 0 Å². The van der Waals surface area contributed by atoms with E-state index in [1.807, 2.05) is 0 Å². The number of nitrogens with zero attached hydrogens (tertiary/aromatic N) is 2. The molecule has 0 bridgehead atoms. The average molecular weight is 221 g/mol. The smallest absolute Gasteiger partial charge is 0.108 e. The van der Waals surface area contributed by atoms with E-state index in [0.29, 0.717) is 6.04 Å². The zero-order chi connectivity index (χ0) is 11.5. The Balaban J connectivity index is 2.20. The Bertz CT molecular complexity index is 352. The van der Waals surface area contributed by atoms with Crippen molar-refractivity contribution in [3.05, 3.63) is 17.2 Å². The van der Waals surface area contributed by atoms with E-state index in [4.69, 9.17) is 4.98 Å². The monoisotopic (exact) mass is 221 g/mol. The van der Waals surface area contributed by atoms with E-state index in [2.05, 4.69) is 30.7 Å². The minimum Gasteiger partial charge on any atom is -0.332 e. The second-order valence-corrected chi connectivity index (χ2v) is 4.92. The molecule has 0 spiro atoms. The van der Waals surface area contributed by atoms with Crippen LogP contribution in [0.5, 0.6) is 0 Å². The van der Waals surface area contributed by atoms with Crippen LogP contribution in [0.4, 0.5) is 0 Å². The normalized spacial score (nSPS) is 15.5. The van der Waals surface area contributed by atoms with Crippen molar-refractivity contribution in [3.8, 4) is 0 Å². The Labute approximate surface area is 98.3 Å². The van der Waals surface area contributed by atoms with Gasteiger partial charge in [-0.1, -0.05) is 20.8 Å². The molecule has 90 valence electrons. The zero-order valence-electron chi connectivity index (χ0n) is 10.7. The fraction of sp³-hybridized carbons (Fsp3) is 0.769. The number of hydrogen-bond donors (Lipinski definition) is 1. The Hall–Kier alpha value is -0.830. The lowest BCUT2D eigenvalue weighted by molar-refractivity contribution is 0.510. The SMILES string of the molecule is CCc1nc(CNC(C)C)c2n1CCCC2. The van der Waals surface area contributed by atoms with Crippen molar-refractivity contribution in [2.24, 2.45) is 0 Å². The Kier molecular flexibility index (Phi) is 3.64. The summed E-state index contributed by atoms with van der Waals surface area (Å²) in [6.45, 7) is 8.66. The molecule has 2 rings (SSSR count). The quantitative estimate of drug-likeness (QED) is 0.845. The van der Waals surface area contributed by atoms with Crippen molar-refractivity contribution in [1.29, 1.82) is 0 Å². The minimum absolute atomic E-state index is 0.533. The van der Waals surface area contributed by atoms with Gasteiger partial charge in [-0.25, -0.2) is 4.98 Å². The Morgan fingerprint density at radius 3 is 2.88 bits per heavy atom. The first-order valence-corrected chi connectivity index (χ1v) is 6.53. The van der Waals surface area contributed by atoms with Crippen molar-refractivity contribution in [3.63, 3.8) is 0 Å². The molecule has 0 fully saturated rings. The summed E-state index contributed by atoms with van der Waals surface area (Å²) >= 11 is 0. The molecule has 3 nitrogen and oxygen atoms in total. The summed E-state index contributed by atoms with van der Waals surface area (Å²) in [5.41, 5.74) is 2.77. The van der Waals surface area contributed by atoms with Crippen molar-refractivity contribution in [2.75, 3.05) is 0 Å². The van der Waals surface area contributed by atoms with Gasteiger partial charge in [0.1, 0.15) is 5.82 Å². The molecule has 1 aromatic rings. The highest BCUT2D eigenvalue weighted by atomic mass is 15.1. The number of imidazole rings is 1. The summed E-state index contributed by atoms with van der Waals surface area (Å²) in [7, 11) is 0. The van der Waals surface area contributed by atoms with E-state index >= 15 is 0 Å². The lowest BCUT2D eigenvalue weighted by atomic mass is 10.1.